The van der Waals surface area contributed by atoms with Crippen LogP contribution in [0.1, 0.15) is 38.7 Å². The molecule has 7 nitrogen and oxygen atoms in total. The number of halogens is 1. The van der Waals surface area contributed by atoms with Crippen molar-refractivity contribution in [2.45, 2.75) is 32.7 Å². The Labute approximate surface area is 221 Å². The minimum Gasteiger partial charge on any atom is -0.493 e. The molecule has 0 saturated carbocycles. The number of amides is 1. The number of aromatic nitrogens is 1. The number of hydrogen-bond donors (Lipinski definition) is 2. The molecule has 0 aliphatic carbocycles. The van der Waals surface area contributed by atoms with Gasteiger partial charge in [-0.15, -0.1) is 11.3 Å². The summed E-state index contributed by atoms with van der Waals surface area (Å²) in [6.45, 7) is 2.54. The second kappa shape index (κ2) is 12.0. The first-order valence-electron chi connectivity index (χ1n) is 11.4. The molecule has 186 valence electrons. The van der Waals surface area contributed by atoms with Crippen molar-refractivity contribution in [1.82, 2.24) is 10.3 Å². The second-order valence-corrected chi connectivity index (χ2v) is 9.86. The molecule has 2 aromatic carbocycles. The number of nitrogens with one attached hydrogen (secondary N) is 1. The maximum absolute atomic E-state index is 12.6. The predicted octanol–water partition coefficient (Wildman–Crippen LogP) is 6.04. The molecule has 2 aromatic heterocycles. The molecular weight excluding hydrogens is 544 g/mol. The third kappa shape index (κ3) is 6.61. The number of carbonyl (C=O) groups is 2. The van der Waals surface area contributed by atoms with Crippen molar-refractivity contribution in [3.63, 3.8) is 0 Å². The Balaban J connectivity index is 1.41. The van der Waals surface area contributed by atoms with Crippen LogP contribution in [0.25, 0.3) is 11.5 Å². The maximum atomic E-state index is 12.6. The molecule has 0 atom stereocenters. The van der Waals surface area contributed by atoms with Gasteiger partial charge in [-0.3, -0.25) is 9.59 Å². The number of thiophene rings is 1. The first-order chi connectivity index (χ1) is 17.4. The Hall–Kier alpha value is -3.43. The van der Waals surface area contributed by atoms with Gasteiger partial charge in [0, 0.05) is 29.4 Å². The number of benzene rings is 2. The fraction of sp³-hybridized carbons (Fsp3) is 0.222. The van der Waals surface area contributed by atoms with Gasteiger partial charge in [-0.25, -0.2) is 4.98 Å². The highest BCUT2D eigenvalue weighted by Gasteiger charge is 2.14. The summed E-state index contributed by atoms with van der Waals surface area (Å²) in [7, 11) is 0. The van der Waals surface area contributed by atoms with Crippen molar-refractivity contribution in [1.29, 1.82) is 0 Å². The smallest absolute Gasteiger partial charge is 0.303 e. The van der Waals surface area contributed by atoms with Crippen LogP contribution in [0.2, 0.25) is 0 Å². The molecule has 0 bridgehead atoms. The number of carboxylic acids is 1. The first-order valence-corrected chi connectivity index (χ1v) is 13.1. The van der Waals surface area contributed by atoms with E-state index in [1.165, 1.54) is 11.3 Å². The van der Waals surface area contributed by atoms with Crippen LogP contribution in [0, 0.1) is 6.92 Å². The van der Waals surface area contributed by atoms with Crippen LogP contribution in [0.4, 0.5) is 0 Å². The molecule has 36 heavy (non-hydrogen) atoms. The van der Waals surface area contributed by atoms with E-state index in [-0.39, 0.29) is 18.9 Å². The zero-order chi connectivity index (χ0) is 25.5. The molecule has 4 aromatic rings. The number of oxazole rings is 1. The zero-order valence-electron chi connectivity index (χ0n) is 19.6. The Morgan fingerprint density at radius 1 is 1.11 bits per heavy atom. The van der Waals surface area contributed by atoms with Crippen molar-refractivity contribution < 1.29 is 23.8 Å². The highest BCUT2D eigenvalue weighted by molar-refractivity contribution is 9.10. The number of carboxylic acid groups (broad SMARTS) is 1. The largest absolute Gasteiger partial charge is 0.493 e. The summed E-state index contributed by atoms with van der Waals surface area (Å²) >= 11 is 4.73. The quantitative estimate of drug-likeness (QED) is 0.228. The average molecular weight is 569 g/mol. The van der Waals surface area contributed by atoms with Crippen LogP contribution < -0.4 is 10.1 Å². The van der Waals surface area contributed by atoms with E-state index in [0.717, 1.165) is 32.6 Å². The van der Waals surface area contributed by atoms with Gasteiger partial charge >= 0.3 is 5.97 Å². The molecule has 9 heteroatoms. The fourth-order valence-corrected chi connectivity index (χ4v) is 5.15. The van der Waals surface area contributed by atoms with Gasteiger partial charge in [0.1, 0.15) is 16.4 Å². The van der Waals surface area contributed by atoms with Gasteiger partial charge in [-0.1, -0.05) is 24.3 Å². The molecule has 0 fully saturated rings. The lowest BCUT2D eigenvalue weighted by Gasteiger charge is -2.13. The molecule has 0 spiro atoms. The van der Waals surface area contributed by atoms with E-state index >= 15 is 0 Å². The lowest BCUT2D eigenvalue weighted by atomic mass is 10.0. The Kier molecular flexibility index (Phi) is 8.56. The number of aliphatic carboxylic acids is 1. The molecule has 0 unspecified atom stereocenters. The average Bonchev–Trinajstić information content (AvgIpc) is 3.47. The van der Waals surface area contributed by atoms with Crippen molar-refractivity contribution >= 4 is 39.1 Å². The van der Waals surface area contributed by atoms with Crippen LogP contribution >= 0.6 is 27.3 Å². The molecule has 0 aliphatic rings. The van der Waals surface area contributed by atoms with Crippen molar-refractivity contribution in [3.05, 3.63) is 91.9 Å². The highest BCUT2D eigenvalue weighted by atomic mass is 79.9. The summed E-state index contributed by atoms with van der Waals surface area (Å²) in [6, 6.07) is 17.1. The number of ether oxygens (including phenoxy) is 1. The van der Waals surface area contributed by atoms with E-state index in [2.05, 4.69) is 26.2 Å². The molecular formula is C27H25BrN2O5S. The third-order valence-electron chi connectivity index (χ3n) is 5.57. The number of rotatable bonds is 11. The van der Waals surface area contributed by atoms with E-state index < -0.39 is 5.97 Å². The minimum absolute atomic E-state index is 0.00675. The van der Waals surface area contributed by atoms with Gasteiger partial charge < -0.3 is 19.6 Å². The molecule has 0 saturated heterocycles. The van der Waals surface area contributed by atoms with Crippen molar-refractivity contribution in [3.8, 4) is 17.2 Å². The van der Waals surface area contributed by atoms with E-state index in [1.54, 1.807) is 0 Å². The van der Waals surface area contributed by atoms with Crippen LogP contribution in [-0.2, 0) is 24.2 Å². The van der Waals surface area contributed by atoms with Gasteiger partial charge in [0.05, 0.1) is 12.3 Å². The molecule has 2 heterocycles. The predicted molar refractivity (Wildman–Crippen MR) is 141 cm³/mol. The van der Waals surface area contributed by atoms with E-state index in [1.807, 2.05) is 66.9 Å². The molecule has 0 radical (unpaired) electrons. The van der Waals surface area contributed by atoms with Crippen molar-refractivity contribution in [2.75, 3.05) is 6.61 Å². The SMILES string of the molecule is Cc1oc(-c2ccccc2)nc1CCOc1ccc(CCC(=O)O)c(CNC(=O)c2sccc2Br)c1. The molecule has 1 amide bonds. The van der Waals surface area contributed by atoms with Gasteiger partial charge in [0.15, 0.2) is 0 Å². The third-order valence-corrected chi connectivity index (χ3v) is 7.41. The Bertz CT molecular complexity index is 1350. The van der Waals surface area contributed by atoms with Gasteiger partial charge in [-0.2, -0.15) is 0 Å². The summed E-state index contributed by atoms with van der Waals surface area (Å²) in [5.74, 6) is 0.916. The van der Waals surface area contributed by atoms with E-state index in [9.17, 15) is 9.59 Å². The summed E-state index contributed by atoms with van der Waals surface area (Å²) in [5.41, 5.74) is 3.43. The monoisotopic (exact) mass is 568 g/mol. The van der Waals surface area contributed by atoms with Crippen LogP contribution in [-0.4, -0.2) is 28.6 Å². The number of carbonyl (C=O) groups excluding carboxylic acids is 1. The van der Waals surface area contributed by atoms with Crippen LogP contribution in [0.3, 0.4) is 0 Å². The minimum atomic E-state index is -0.870. The van der Waals surface area contributed by atoms with Crippen LogP contribution in [0.5, 0.6) is 5.75 Å². The summed E-state index contributed by atoms with van der Waals surface area (Å²) in [4.78, 5) is 28.9. The Morgan fingerprint density at radius 3 is 2.64 bits per heavy atom. The summed E-state index contributed by atoms with van der Waals surface area (Å²) in [6.07, 6.45) is 0.943. The Morgan fingerprint density at radius 2 is 1.92 bits per heavy atom. The fourth-order valence-electron chi connectivity index (χ4n) is 3.68. The van der Waals surface area contributed by atoms with Gasteiger partial charge in [-0.05, 0) is 76.1 Å². The lowest BCUT2D eigenvalue weighted by molar-refractivity contribution is -0.136. The first kappa shape index (κ1) is 25.7. The standard InChI is InChI=1S/C27H25BrN2O5S/c1-17-23(30-27(35-17)19-5-3-2-4-6-19)11-13-34-21-9-7-18(8-10-24(31)32)20(15-21)16-29-26(33)25-22(28)12-14-36-25/h2-7,9,12,14-15H,8,10-11,13,16H2,1H3,(H,29,33)(H,31,32). The highest BCUT2D eigenvalue weighted by Crippen LogP contribution is 2.25. The van der Waals surface area contributed by atoms with Gasteiger partial charge in [0.2, 0.25) is 5.89 Å². The number of hydrogen-bond acceptors (Lipinski definition) is 6. The maximum Gasteiger partial charge on any atom is 0.303 e. The lowest BCUT2D eigenvalue weighted by Crippen LogP contribution is -2.23. The zero-order valence-corrected chi connectivity index (χ0v) is 22.0. The molecule has 4 rings (SSSR count). The second-order valence-electron chi connectivity index (χ2n) is 8.09. The summed E-state index contributed by atoms with van der Waals surface area (Å²) < 4.78 is 12.5. The topological polar surface area (TPSA) is 102 Å². The summed E-state index contributed by atoms with van der Waals surface area (Å²) in [5, 5.41) is 13.9. The van der Waals surface area contributed by atoms with Crippen LogP contribution in [0.15, 0.2) is 68.9 Å². The molecule has 2 N–H and O–H groups in total. The number of aryl methyl sites for hydroxylation is 2. The van der Waals surface area contributed by atoms with E-state index in [0.29, 0.717) is 36.0 Å². The van der Waals surface area contributed by atoms with Crippen molar-refractivity contribution in [2.24, 2.45) is 0 Å². The number of nitrogens with zero attached hydrogens (tertiary/aromatic N) is 1. The normalized spacial score (nSPS) is 10.8. The van der Waals surface area contributed by atoms with Gasteiger partial charge in [0.25, 0.3) is 5.91 Å². The molecule has 0 aliphatic heterocycles. The van der Waals surface area contributed by atoms with E-state index in [4.69, 9.17) is 14.3 Å².